The Morgan fingerprint density at radius 1 is 1.03 bits per heavy atom. The Hall–Kier alpha value is -2.74. The maximum Gasteiger partial charge on any atom is 0.264 e. The van der Waals surface area contributed by atoms with Crippen molar-refractivity contribution < 1.29 is 22.7 Å². The lowest BCUT2D eigenvalue weighted by Crippen LogP contribution is -2.46. The lowest BCUT2D eigenvalue weighted by Gasteiger charge is -2.27. The SMILES string of the molecule is COc1ccc(S(=O)(=O)N(CC(=O)N[C@@H]2C[C@@H]3CC[C@@H]2C3)c2ccc(C)cc2)cc1OC. The summed E-state index contributed by atoms with van der Waals surface area (Å²) in [7, 11) is -1.08. The molecule has 0 unspecified atom stereocenters. The molecular formula is C24H30N2O5S. The van der Waals surface area contributed by atoms with Gasteiger partial charge in [-0.1, -0.05) is 24.1 Å². The van der Waals surface area contributed by atoms with Gasteiger partial charge in [0.05, 0.1) is 24.8 Å². The first kappa shape index (κ1) is 22.5. The molecule has 0 saturated heterocycles. The van der Waals surface area contributed by atoms with Gasteiger partial charge in [0.2, 0.25) is 5.91 Å². The molecule has 1 amide bonds. The molecule has 0 aliphatic heterocycles. The average Bonchev–Trinajstić information content (AvgIpc) is 3.41. The Bertz CT molecular complexity index is 1080. The maximum absolute atomic E-state index is 13.6. The highest BCUT2D eigenvalue weighted by atomic mass is 32.2. The van der Waals surface area contributed by atoms with Gasteiger partial charge in [0, 0.05) is 12.1 Å². The normalized spacial score (nSPS) is 21.9. The Morgan fingerprint density at radius 2 is 1.75 bits per heavy atom. The number of hydrogen-bond donors (Lipinski definition) is 1. The van der Waals surface area contributed by atoms with E-state index in [1.165, 1.54) is 32.8 Å². The van der Waals surface area contributed by atoms with Gasteiger partial charge in [0.25, 0.3) is 10.0 Å². The number of carbonyl (C=O) groups is 1. The largest absolute Gasteiger partial charge is 0.493 e. The summed E-state index contributed by atoms with van der Waals surface area (Å²) in [6, 6.07) is 11.7. The molecule has 0 heterocycles. The second kappa shape index (κ2) is 9.02. The molecule has 2 aromatic rings. The Kier molecular flexibility index (Phi) is 6.33. The van der Waals surface area contributed by atoms with Crippen LogP contribution in [0.1, 0.15) is 31.2 Å². The fourth-order valence-electron chi connectivity index (χ4n) is 4.93. The van der Waals surface area contributed by atoms with Crippen molar-refractivity contribution in [3.8, 4) is 11.5 Å². The zero-order chi connectivity index (χ0) is 22.9. The summed E-state index contributed by atoms with van der Waals surface area (Å²) in [6.07, 6.45) is 4.53. The van der Waals surface area contributed by atoms with Gasteiger partial charge in [-0.25, -0.2) is 8.42 Å². The van der Waals surface area contributed by atoms with Crippen molar-refractivity contribution in [2.24, 2.45) is 11.8 Å². The van der Waals surface area contributed by atoms with E-state index in [9.17, 15) is 13.2 Å². The molecule has 0 aromatic heterocycles. The van der Waals surface area contributed by atoms with Crippen molar-refractivity contribution in [3.05, 3.63) is 48.0 Å². The number of ether oxygens (including phenoxy) is 2. The van der Waals surface area contributed by atoms with E-state index in [0.29, 0.717) is 29.0 Å². The van der Waals surface area contributed by atoms with E-state index in [2.05, 4.69) is 5.32 Å². The number of fused-ring (bicyclic) bond motifs is 2. The first-order valence-corrected chi connectivity index (χ1v) is 12.4. The lowest BCUT2D eigenvalue weighted by molar-refractivity contribution is -0.120. The molecule has 172 valence electrons. The molecule has 1 N–H and O–H groups in total. The second-order valence-electron chi connectivity index (χ2n) is 8.71. The van der Waals surface area contributed by atoms with Crippen molar-refractivity contribution in [1.29, 1.82) is 0 Å². The Balaban J connectivity index is 1.63. The van der Waals surface area contributed by atoms with Gasteiger partial charge in [-0.3, -0.25) is 9.10 Å². The number of nitrogens with one attached hydrogen (secondary N) is 1. The Morgan fingerprint density at radius 3 is 2.34 bits per heavy atom. The highest BCUT2D eigenvalue weighted by Gasteiger charge is 2.40. The number of hydrogen-bond acceptors (Lipinski definition) is 5. The van der Waals surface area contributed by atoms with Crippen molar-refractivity contribution >= 4 is 21.6 Å². The molecule has 3 atom stereocenters. The van der Waals surface area contributed by atoms with E-state index in [1.54, 1.807) is 18.2 Å². The number of anilines is 1. The highest BCUT2D eigenvalue weighted by Crippen LogP contribution is 2.44. The van der Waals surface area contributed by atoms with E-state index in [0.717, 1.165) is 29.1 Å². The van der Waals surface area contributed by atoms with E-state index >= 15 is 0 Å². The summed E-state index contributed by atoms with van der Waals surface area (Å²) in [5, 5.41) is 3.10. The second-order valence-corrected chi connectivity index (χ2v) is 10.6. The third-order valence-electron chi connectivity index (χ3n) is 6.64. The summed E-state index contributed by atoms with van der Waals surface area (Å²) in [6.45, 7) is 1.65. The van der Waals surface area contributed by atoms with Gasteiger partial charge in [-0.05, 0) is 62.3 Å². The van der Waals surface area contributed by atoms with E-state index in [-0.39, 0.29) is 23.4 Å². The van der Waals surface area contributed by atoms with Gasteiger partial charge in [0.15, 0.2) is 11.5 Å². The first-order valence-electron chi connectivity index (χ1n) is 10.9. The van der Waals surface area contributed by atoms with Crippen LogP contribution in [0.15, 0.2) is 47.4 Å². The number of carbonyl (C=O) groups excluding carboxylic acids is 1. The number of rotatable bonds is 8. The van der Waals surface area contributed by atoms with Crippen molar-refractivity contribution in [2.75, 3.05) is 25.1 Å². The van der Waals surface area contributed by atoms with Gasteiger partial charge in [0.1, 0.15) is 6.54 Å². The van der Waals surface area contributed by atoms with Crippen molar-refractivity contribution in [1.82, 2.24) is 5.32 Å². The van der Waals surface area contributed by atoms with Gasteiger partial charge in [-0.2, -0.15) is 0 Å². The third kappa shape index (κ3) is 4.41. The van der Waals surface area contributed by atoms with Crippen LogP contribution in [0.4, 0.5) is 5.69 Å². The number of amides is 1. The van der Waals surface area contributed by atoms with Crippen LogP contribution >= 0.6 is 0 Å². The minimum Gasteiger partial charge on any atom is -0.493 e. The summed E-state index contributed by atoms with van der Waals surface area (Å²) in [4.78, 5) is 13.0. The van der Waals surface area contributed by atoms with Gasteiger partial charge >= 0.3 is 0 Å². The molecule has 4 rings (SSSR count). The minimum atomic E-state index is -4.03. The molecule has 2 aromatic carbocycles. The minimum absolute atomic E-state index is 0.0310. The number of sulfonamides is 1. The van der Waals surface area contributed by atoms with Crippen LogP contribution in [-0.4, -0.2) is 41.1 Å². The van der Waals surface area contributed by atoms with Gasteiger partial charge in [-0.15, -0.1) is 0 Å². The zero-order valence-corrected chi connectivity index (χ0v) is 19.5. The molecule has 0 spiro atoms. The summed E-state index contributed by atoms with van der Waals surface area (Å²) in [5.74, 6) is 1.66. The predicted molar refractivity (Wildman–Crippen MR) is 123 cm³/mol. The fourth-order valence-corrected chi connectivity index (χ4v) is 6.37. The van der Waals surface area contributed by atoms with E-state index in [4.69, 9.17) is 9.47 Å². The van der Waals surface area contributed by atoms with Crippen molar-refractivity contribution in [2.45, 2.75) is 43.5 Å². The molecule has 7 nitrogen and oxygen atoms in total. The molecule has 2 aliphatic rings. The quantitative estimate of drug-likeness (QED) is 0.654. The number of nitrogens with zero attached hydrogens (tertiary/aromatic N) is 1. The summed E-state index contributed by atoms with van der Waals surface area (Å²) < 4.78 is 38.9. The van der Waals surface area contributed by atoms with Crippen LogP contribution in [0.25, 0.3) is 0 Å². The molecular weight excluding hydrogens is 428 g/mol. The lowest BCUT2D eigenvalue weighted by atomic mass is 9.95. The molecule has 2 aliphatic carbocycles. The Labute approximate surface area is 189 Å². The molecule has 32 heavy (non-hydrogen) atoms. The van der Waals surface area contributed by atoms with Crippen LogP contribution in [0, 0.1) is 18.8 Å². The number of benzene rings is 2. The maximum atomic E-state index is 13.6. The first-order chi connectivity index (χ1) is 15.3. The third-order valence-corrected chi connectivity index (χ3v) is 8.41. The fraction of sp³-hybridized carbons (Fsp3) is 0.458. The van der Waals surface area contributed by atoms with Crippen LogP contribution in [0.2, 0.25) is 0 Å². The van der Waals surface area contributed by atoms with Crippen molar-refractivity contribution in [3.63, 3.8) is 0 Å². The number of methoxy groups -OCH3 is 2. The van der Waals surface area contributed by atoms with E-state index in [1.807, 2.05) is 19.1 Å². The van der Waals surface area contributed by atoms with E-state index < -0.39 is 10.0 Å². The van der Waals surface area contributed by atoms with Crippen LogP contribution < -0.4 is 19.1 Å². The van der Waals surface area contributed by atoms with Crippen LogP contribution in [-0.2, 0) is 14.8 Å². The van der Waals surface area contributed by atoms with Crippen LogP contribution in [0.5, 0.6) is 11.5 Å². The smallest absolute Gasteiger partial charge is 0.264 e. The molecule has 8 heteroatoms. The van der Waals surface area contributed by atoms with Crippen LogP contribution in [0.3, 0.4) is 0 Å². The highest BCUT2D eigenvalue weighted by molar-refractivity contribution is 7.92. The standard InChI is InChI=1S/C24H30N2O5S/c1-16-4-8-19(9-5-16)26(15-24(27)25-21-13-17-6-7-18(21)12-17)32(28,29)20-10-11-22(30-2)23(14-20)31-3/h4-5,8-11,14,17-18,21H,6-7,12-13,15H2,1-3H3,(H,25,27)/t17-,18-,21-/m1/s1. The summed E-state index contributed by atoms with van der Waals surface area (Å²) >= 11 is 0. The molecule has 0 radical (unpaired) electrons. The van der Waals surface area contributed by atoms with Gasteiger partial charge < -0.3 is 14.8 Å². The topological polar surface area (TPSA) is 84.9 Å². The predicted octanol–water partition coefficient (Wildman–Crippen LogP) is 3.51. The molecule has 2 fully saturated rings. The average molecular weight is 459 g/mol. The number of aryl methyl sites for hydroxylation is 1. The molecule has 2 bridgehead atoms. The monoisotopic (exact) mass is 458 g/mol. The summed E-state index contributed by atoms with van der Waals surface area (Å²) in [5.41, 5.74) is 1.44. The zero-order valence-electron chi connectivity index (χ0n) is 18.7. The molecule has 2 saturated carbocycles.